The summed E-state index contributed by atoms with van der Waals surface area (Å²) in [5.74, 6) is -1.96. The molecule has 0 aliphatic heterocycles. The highest BCUT2D eigenvalue weighted by Crippen LogP contribution is 2.37. The van der Waals surface area contributed by atoms with Crippen molar-refractivity contribution in [1.82, 2.24) is 9.55 Å². The van der Waals surface area contributed by atoms with Crippen LogP contribution in [-0.2, 0) is 11.5 Å². The van der Waals surface area contributed by atoms with Gasteiger partial charge in [0.05, 0.1) is 5.39 Å². The number of benzene rings is 1. The minimum Gasteiger partial charge on any atom is -0.450 e. The third-order valence-corrected chi connectivity index (χ3v) is 5.69. The van der Waals surface area contributed by atoms with E-state index in [-0.39, 0.29) is 20.2 Å². The number of anilines is 1. The van der Waals surface area contributed by atoms with Gasteiger partial charge in [-0.2, -0.15) is 0 Å². The summed E-state index contributed by atoms with van der Waals surface area (Å²) in [6.45, 7) is 5.47. The van der Waals surface area contributed by atoms with Gasteiger partial charge in [-0.25, -0.2) is 13.8 Å². The van der Waals surface area contributed by atoms with E-state index in [0.29, 0.717) is 28.8 Å². The number of nitrogens with two attached hydrogens (primary N) is 1. The number of pyridine rings is 1. The molecule has 0 saturated heterocycles. The van der Waals surface area contributed by atoms with E-state index in [2.05, 4.69) is 34.0 Å². The Morgan fingerprint density at radius 2 is 1.96 bits per heavy atom. The molecule has 2 N–H and O–H groups in total. The van der Waals surface area contributed by atoms with Crippen molar-refractivity contribution in [2.75, 3.05) is 12.3 Å². The SMILES string of the molecule is C[Si](C)CCOCn1cc(Br)c2c(Oc3c(F)cc(N)cc3F)ccnc21. The number of hydrogen-bond acceptors (Lipinski definition) is 4. The molecule has 0 saturated carbocycles. The van der Waals surface area contributed by atoms with Gasteiger partial charge in [0, 0.05) is 50.1 Å². The quantitative estimate of drug-likeness (QED) is 0.303. The lowest BCUT2D eigenvalue weighted by molar-refractivity contribution is 0.0902. The van der Waals surface area contributed by atoms with E-state index in [9.17, 15) is 8.78 Å². The minimum atomic E-state index is -0.868. The van der Waals surface area contributed by atoms with Gasteiger partial charge in [-0.1, -0.05) is 13.1 Å². The Bertz CT molecular complexity index is 942. The van der Waals surface area contributed by atoms with Gasteiger partial charge >= 0.3 is 0 Å². The van der Waals surface area contributed by atoms with Crippen molar-refractivity contribution < 1.29 is 18.3 Å². The number of nitrogens with zero attached hydrogens (tertiary/aromatic N) is 2. The Balaban J connectivity index is 1.90. The molecule has 0 aliphatic carbocycles. The predicted molar refractivity (Wildman–Crippen MR) is 107 cm³/mol. The zero-order valence-electron chi connectivity index (χ0n) is 14.9. The molecule has 0 aliphatic rings. The largest absolute Gasteiger partial charge is 0.450 e. The summed E-state index contributed by atoms with van der Waals surface area (Å²) in [7, 11) is -0.336. The normalized spacial score (nSPS) is 11.5. The molecule has 0 spiro atoms. The monoisotopic (exact) mass is 454 g/mol. The van der Waals surface area contributed by atoms with Gasteiger partial charge in [0.2, 0.25) is 0 Å². The number of nitrogen functional groups attached to an aromatic ring is 1. The first-order valence-electron chi connectivity index (χ1n) is 8.29. The number of halogens is 3. The maximum atomic E-state index is 14.1. The van der Waals surface area contributed by atoms with Crippen LogP contribution >= 0.6 is 15.9 Å². The van der Waals surface area contributed by atoms with E-state index in [1.807, 2.05) is 10.8 Å². The first-order chi connectivity index (χ1) is 12.9. The molecule has 0 unspecified atom stereocenters. The number of fused-ring (bicyclic) bond motifs is 1. The summed E-state index contributed by atoms with van der Waals surface area (Å²) in [5.41, 5.74) is 6.03. The van der Waals surface area contributed by atoms with Gasteiger partial charge in [-0.05, 0) is 28.0 Å². The minimum absolute atomic E-state index is 0.00894. The van der Waals surface area contributed by atoms with Crippen LogP contribution in [0.4, 0.5) is 14.5 Å². The van der Waals surface area contributed by atoms with Gasteiger partial charge in [-0.3, -0.25) is 0 Å². The van der Waals surface area contributed by atoms with Crippen LogP contribution in [0.2, 0.25) is 19.1 Å². The molecule has 0 fully saturated rings. The highest BCUT2D eigenvalue weighted by Gasteiger charge is 2.18. The van der Waals surface area contributed by atoms with E-state index in [1.54, 1.807) is 6.07 Å². The van der Waals surface area contributed by atoms with Crippen LogP contribution < -0.4 is 10.5 Å². The fourth-order valence-corrected chi connectivity index (χ4v) is 3.72. The van der Waals surface area contributed by atoms with E-state index < -0.39 is 17.4 Å². The Morgan fingerprint density at radius 1 is 1.26 bits per heavy atom. The van der Waals surface area contributed by atoms with Crippen molar-refractivity contribution in [3.8, 4) is 11.5 Å². The molecule has 9 heteroatoms. The molecule has 3 rings (SSSR count). The fourth-order valence-electron chi connectivity index (χ4n) is 2.55. The number of rotatable bonds is 7. The first-order valence-corrected chi connectivity index (χ1v) is 11.8. The molecule has 0 amide bonds. The summed E-state index contributed by atoms with van der Waals surface area (Å²) in [5, 5.41) is 0.604. The van der Waals surface area contributed by atoms with E-state index in [1.165, 1.54) is 6.20 Å². The second kappa shape index (κ2) is 8.36. The van der Waals surface area contributed by atoms with Crippen molar-refractivity contribution in [2.45, 2.75) is 25.9 Å². The molecular weight excluding hydrogens is 436 g/mol. The van der Waals surface area contributed by atoms with Crippen LogP contribution in [-0.4, -0.2) is 25.0 Å². The molecular formula is C18H19BrF2N3O2Si. The predicted octanol–water partition coefficient (Wildman–Crippen LogP) is 5.18. The lowest BCUT2D eigenvalue weighted by atomic mass is 10.2. The van der Waals surface area contributed by atoms with Crippen molar-refractivity contribution in [1.29, 1.82) is 0 Å². The Kier molecular flexibility index (Phi) is 6.13. The number of aromatic nitrogens is 2. The molecule has 1 radical (unpaired) electrons. The zero-order chi connectivity index (χ0) is 19.6. The summed E-state index contributed by atoms with van der Waals surface area (Å²) in [4.78, 5) is 4.35. The second-order valence-electron chi connectivity index (χ2n) is 6.36. The van der Waals surface area contributed by atoms with Crippen LogP contribution in [0.15, 0.2) is 35.1 Å². The van der Waals surface area contributed by atoms with Crippen LogP contribution in [0, 0.1) is 11.6 Å². The number of hydrogen-bond donors (Lipinski definition) is 1. The van der Waals surface area contributed by atoms with Crippen molar-refractivity contribution in [2.24, 2.45) is 0 Å². The Labute approximate surface area is 165 Å². The average molecular weight is 455 g/mol. The maximum absolute atomic E-state index is 14.1. The van der Waals surface area contributed by atoms with Crippen LogP contribution in [0.3, 0.4) is 0 Å². The summed E-state index contributed by atoms with van der Waals surface area (Å²) in [6, 6.07) is 4.64. The molecule has 2 aromatic heterocycles. The summed E-state index contributed by atoms with van der Waals surface area (Å²) < 4.78 is 41.9. The molecule has 1 aromatic carbocycles. The van der Waals surface area contributed by atoms with Gasteiger partial charge in [-0.15, -0.1) is 0 Å². The van der Waals surface area contributed by atoms with Crippen LogP contribution in [0.25, 0.3) is 11.0 Å². The molecule has 2 heterocycles. The van der Waals surface area contributed by atoms with Crippen molar-refractivity contribution >= 4 is 41.4 Å². The molecule has 143 valence electrons. The van der Waals surface area contributed by atoms with Crippen LogP contribution in [0.5, 0.6) is 11.5 Å². The Hall–Kier alpha value is -1.97. The van der Waals surface area contributed by atoms with Gasteiger partial charge in [0.25, 0.3) is 0 Å². The van der Waals surface area contributed by atoms with E-state index in [4.69, 9.17) is 15.2 Å². The highest BCUT2D eigenvalue weighted by molar-refractivity contribution is 9.10. The van der Waals surface area contributed by atoms with Crippen molar-refractivity contribution in [3.63, 3.8) is 0 Å². The van der Waals surface area contributed by atoms with Gasteiger partial charge in [0.15, 0.2) is 17.4 Å². The molecule has 27 heavy (non-hydrogen) atoms. The second-order valence-corrected chi connectivity index (χ2v) is 10.1. The standard InChI is InChI=1S/C18H19BrF2N3O2Si/c1-27(2)6-5-25-10-24-9-12(19)16-15(3-4-23-18(16)24)26-17-13(20)7-11(22)8-14(17)21/h3-4,7-9H,5-6,10,22H2,1-2H3. The lowest BCUT2D eigenvalue weighted by Crippen LogP contribution is -2.08. The lowest BCUT2D eigenvalue weighted by Gasteiger charge is -2.11. The molecule has 0 bridgehead atoms. The smallest absolute Gasteiger partial charge is 0.198 e. The maximum Gasteiger partial charge on any atom is 0.198 e. The number of ether oxygens (including phenoxy) is 2. The summed E-state index contributed by atoms with van der Waals surface area (Å²) in [6.07, 6.45) is 3.33. The third kappa shape index (κ3) is 4.48. The van der Waals surface area contributed by atoms with Gasteiger partial charge in [0.1, 0.15) is 18.1 Å². The van der Waals surface area contributed by atoms with Gasteiger partial charge < -0.3 is 19.8 Å². The average Bonchev–Trinajstić information content (AvgIpc) is 2.92. The zero-order valence-corrected chi connectivity index (χ0v) is 17.5. The molecule has 0 atom stereocenters. The van der Waals surface area contributed by atoms with Crippen LogP contribution in [0.1, 0.15) is 0 Å². The van der Waals surface area contributed by atoms with E-state index >= 15 is 0 Å². The Morgan fingerprint density at radius 3 is 2.63 bits per heavy atom. The first kappa shape index (κ1) is 19.8. The third-order valence-electron chi connectivity index (χ3n) is 3.88. The fraction of sp³-hybridized carbons (Fsp3) is 0.278. The van der Waals surface area contributed by atoms with E-state index in [0.717, 1.165) is 18.2 Å². The van der Waals surface area contributed by atoms with Crippen molar-refractivity contribution in [3.05, 3.63) is 46.7 Å². The topological polar surface area (TPSA) is 62.3 Å². The molecule has 5 nitrogen and oxygen atoms in total. The summed E-state index contributed by atoms with van der Waals surface area (Å²) >= 11 is 3.46. The molecule has 3 aromatic rings. The highest BCUT2D eigenvalue weighted by atomic mass is 79.9.